The van der Waals surface area contributed by atoms with Crippen LogP contribution in [-0.2, 0) is 16.1 Å². The zero-order valence-electron chi connectivity index (χ0n) is 16.3. The number of rotatable bonds is 4. The molecule has 1 amide bonds. The number of likely N-dealkylation sites (tertiary alicyclic amines) is 1. The molecule has 2 aromatic rings. The van der Waals surface area contributed by atoms with E-state index >= 15 is 0 Å². The maximum Gasteiger partial charge on any atom is 0.254 e. The normalized spacial score (nSPS) is 26.1. The zero-order chi connectivity index (χ0) is 19.0. The molecule has 2 unspecified atom stereocenters. The smallest absolute Gasteiger partial charge is 0.254 e. The Morgan fingerprint density at radius 2 is 2.07 bits per heavy atom. The Kier molecular flexibility index (Phi) is 4.78. The highest BCUT2D eigenvalue weighted by Gasteiger charge is 2.56. The lowest BCUT2D eigenvalue weighted by Gasteiger charge is -2.37. The van der Waals surface area contributed by atoms with Gasteiger partial charge in [0.2, 0.25) is 0 Å². The van der Waals surface area contributed by atoms with Gasteiger partial charge >= 0.3 is 0 Å². The highest BCUT2D eigenvalue weighted by molar-refractivity contribution is 5.88. The molecule has 1 spiro atoms. The molecule has 0 aliphatic carbocycles. The number of amides is 1. The number of nitrogens with one attached hydrogen (secondary N) is 1. The van der Waals surface area contributed by atoms with Gasteiger partial charge in [0.05, 0.1) is 12.5 Å². The van der Waals surface area contributed by atoms with E-state index in [1.807, 2.05) is 16.9 Å². The molecule has 1 aromatic carbocycles. The van der Waals surface area contributed by atoms with E-state index in [0.717, 1.165) is 18.8 Å². The summed E-state index contributed by atoms with van der Waals surface area (Å²) in [5, 5.41) is 7.52. The van der Waals surface area contributed by atoms with Crippen molar-refractivity contribution in [1.29, 1.82) is 0 Å². The van der Waals surface area contributed by atoms with E-state index in [4.69, 9.17) is 4.74 Å². The van der Waals surface area contributed by atoms with Crippen LogP contribution in [0.2, 0.25) is 0 Å². The first-order valence-electron chi connectivity index (χ1n) is 9.73. The Morgan fingerprint density at radius 3 is 2.78 bits per heavy atom. The highest BCUT2D eigenvalue weighted by Crippen LogP contribution is 2.41. The monoisotopic (exact) mass is 368 g/mol. The average molecular weight is 368 g/mol. The quantitative estimate of drug-likeness (QED) is 0.899. The second-order valence-corrected chi connectivity index (χ2v) is 8.00. The van der Waals surface area contributed by atoms with Crippen molar-refractivity contribution in [2.75, 3.05) is 26.2 Å². The van der Waals surface area contributed by atoms with Gasteiger partial charge in [-0.25, -0.2) is 0 Å². The molecule has 27 heavy (non-hydrogen) atoms. The van der Waals surface area contributed by atoms with Gasteiger partial charge in [-0.2, -0.15) is 5.10 Å². The molecule has 0 saturated carbocycles. The number of carbonyl (C=O) groups is 1. The molecule has 2 fully saturated rings. The lowest BCUT2D eigenvalue weighted by atomic mass is 9.86. The Bertz CT molecular complexity index is 814. The molecular weight excluding hydrogens is 340 g/mol. The Labute approximate surface area is 160 Å². The average Bonchev–Trinajstić information content (AvgIpc) is 3.25. The number of hydrogen-bond acceptors (Lipinski definition) is 4. The van der Waals surface area contributed by atoms with Crippen molar-refractivity contribution in [2.45, 2.75) is 44.9 Å². The molecule has 4 rings (SSSR count). The van der Waals surface area contributed by atoms with E-state index in [1.54, 1.807) is 0 Å². The number of morpholine rings is 1. The molecule has 2 aliphatic rings. The SMILES string of the molecule is Cc1ccc(CN2CC(c3ccnn3C(C)C)C3(C2)OCCNC3=O)cc1. The van der Waals surface area contributed by atoms with Crippen molar-refractivity contribution in [3.8, 4) is 0 Å². The maximum atomic E-state index is 13.0. The minimum absolute atomic E-state index is 0.00154. The fourth-order valence-electron chi connectivity index (χ4n) is 4.34. The summed E-state index contributed by atoms with van der Waals surface area (Å²) < 4.78 is 8.22. The highest BCUT2D eigenvalue weighted by atomic mass is 16.5. The summed E-state index contributed by atoms with van der Waals surface area (Å²) in [5.74, 6) is -0.0326. The van der Waals surface area contributed by atoms with Crippen molar-refractivity contribution in [2.24, 2.45) is 0 Å². The summed E-state index contributed by atoms with van der Waals surface area (Å²) in [4.78, 5) is 15.3. The number of aromatic nitrogens is 2. The van der Waals surface area contributed by atoms with Crippen LogP contribution < -0.4 is 5.32 Å². The molecule has 0 radical (unpaired) electrons. The number of benzene rings is 1. The fraction of sp³-hybridized carbons (Fsp3) is 0.524. The van der Waals surface area contributed by atoms with E-state index < -0.39 is 5.60 Å². The minimum atomic E-state index is -0.838. The summed E-state index contributed by atoms with van der Waals surface area (Å²) in [6.07, 6.45) is 1.83. The van der Waals surface area contributed by atoms with E-state index in [1.165, 1.54) is 11.1 Å². The van der Waals surface area contributed by atoms with Crippen LogP contribution in [0.1, 0.15) is 42.6 Å². The van der Waals surface area contributed by atoms with Crippen molar-refractivity contribution >= 4 is 5.91 Å². The number of carbonyl (C=O) groups excluding carboxylic acids is 1. The Morgan fingerprint density at radius 1 is 1.30 bits per heavy atom. The summed E-state index contributed by atoms with van der Waals surface area (Å²) >= 11 is 0. The summed E-state index contributed by atoms with van der Waals surface area (Å²) in [7, 11) is 0. The van der Waals surface area contributed by atoms with Gasteiger partial charge in [0, 0.05) is 44.1 Å². The molecule has 6 nitrogen and oxygen atoms in total. The van der Waals surface area contributed by atoms with Gasteiger partial charge in [0.25, 0.3) is 5.91 Å². The number of aryl methyl sites for hydroxylation is 1. The molecule has 1 N–H and O–H groups in total. The van der Waals surface area contributed by atoms with Gasteiger partial charge in [-0.1, -0.05) is 29.8 Å². The van der Waals surface area contributed by atoms with Crippen molar-refractivity contribution in [1.82, 2.24) is 20.0 Å². The van der Waals surface area contributed by atoms with Crippen LogP contribution in [-0.4, -0.2) is 52.4 Å². The van der Waals surface area contributed by atoms with Gasteiger partial charge in [0.1, 0.15) is 0 Å². The van der Waals surface area contributed by atoms with Crippen LogP contribution in [0.4, 0.5) is 0 Å². The molecule has 0 bridgehead atoms. The maximum absolute atomic E-state index is 13.0. The lowest BCUT2D eigenvalue weighted by molar-refractivity contribution is -0.155. The molecule has 144 valence electrons. The van der Waals surface area contributed by atoms with E-state index in [0.29, 0.717) is 19.7 Å². The second-order valence-electron chi connectivity index (χ2n) is 8.00. The van der Waals surface area contributed by atoms with Crippen LogP contribution in [0.3, 0.4) is 0 Å². The predicted octanol–water partition coefficient (Wildman–Crippen LogP) is 2.26. The van der Waals surface area contributed by atoms with Crippen LogP contribution in [0.15, 0.2) is 36.5 Å². The summed E-state index contributed by atoms with van der Waals surface area (Å²) in [6.45, 7) is 9.64. The molecular formula is C21H28N4O2. The van der Waals surface area contributed by atoms with Crippen LogP contribution in [0, 0.1) is 6.92 Å². The molecule has 2 atom stereocenters. The van der Waals surface area contributed by atoms with Gasteiger partial charge in [-0.15, -0.1) is 0 Å². The van der Waals surface area contributed by atoms with E-state index in [-0.39, 0.29) is 17.9 Å². The molecule has 2 saturated heterocycles. The third kappa shape index (κ3) is 3.28. The molecule has 1 aromatic heterocycles. The fourth-order valence-corrected chi connectivity index (χ4v) is 4.34. The van der Waals surface area contributed by atoms with Gasteiger partial charge in [0.15, 0.2) is 5.60 Å². The van der Waals surface area contributed by atoms with Crippen LogP contribution in [0.25, 0.3) is 0 Å². The van der Waals surface area contributed by atoms with E-state index in [9.17, 15) is 4.79 Å². The molecule has 2 aliphatic heterocycles. The number of nitrogens with zero attached hydrogens (tertiary/aromatic N) is 3. The molecule has 3 heterocycles. The predicted molar refractivity (Wildman–Crippen MR) is 104 cm³/mol. The van der Waals surface area contributed by atoms with Crippen LogP contribution >= 0.6 is 0 Å². The van der Waals surface area contributed by atoms with Crippen LogP contribution in [0.5, 0.6) is 0 Å². The van der Waals surface area contributed by atoms with Crippen molar-refractivity contribution in [3.63, 3.8) is 0 Å². The lowest BCUT2D eigenvalue weighted by Crippen LogP contribution is -2.59. The first-order valence-corrected chi connectivity index (χ1v) is 9.73. The van der Waals surface area contributed by atoms with Crippen molar-refractivity contribution < 1.29 is 9.53 Å². The first-order chi connectivity index (χ1) is 13.0. The zero-order valence-corrected chi connectivity index (χ0v) is 16.3. The third-order valence-electron chi connectivity index (χ3n) is 5.67. The standard InChI is InChI=1S/C21H28N4O2/c1-15(2)25-19(8-9-23-25)18-13-24(12-17-6-4-16(3)5-7-17)14-21(18)20(26)22-10-11-27-21/h4-9,15,18H,10-14H2,1-3H3,(H,22,26). The molecule has 6 heteroatoms. The van der Waals surface area contributed by atoms with Gasteiger partial charge in [-0.3, -0.25) is 14.4 Å². The summed E-state index contributed by atoms with van der Waals surface area (Å²) in [5.41, 5.74) is 2.75. The topological polar surface area (TPSA) is 59.4 Å². The largest absolute Gasteiger partial charge is 0.361 e. The van der Waals surface area contributed by atoms with E-state index in [2.05, 4.69) is 60.4 Å². The minimum Gasteiger partial charge on any atom is -0.361 e. The van der Waals surface area contributed by atoms with Gasteiger partial charge < -0.3 is 10.1 Å². The second kappa shape index (κ2) is 7.09. The van der Waals surface area contributed by atoms with Crippen molar-refractivity contribution in [3.05, 3.63) is 53.3 Å². The Hall–Kier alpha value is -2.18. The third-order valence-corrected chi connectivity index (χ3v) is 5.67. The Balaban J connectivity index is 1.66. The number of ether oxygens (including phenoxy) is 1. The van der Waals surface area contributed by atoms with Gasteiger partial charge in [-0.05, 0) is 32.4 Å². The first kappa shape index (κ1) is 18.2. The summed E-state index contributed by atoms with van der Waals surface area (Å²) in [6, 6.07) is 10.9. The number of hydrogen-bond donors (Lipinski definition) is 1.